The molecule has 0 aliphatic carbocycles. The van der Waals surface area contributed by atoms with Crippen LogP contribution in [0.1, 0.15) is 12.6 Å². The molecular formula is C11H10BrFN2O. The van der Waals surface area contributed by atoms with E-state index in [0.717, 1.165) is 5.69 Å². The van der Waals surface area contributed by atoms with Gasteiger partial charge in [0.25, 0.3) is 5.56 Å². The van der Waals surface area contributed by atoms with Gasteiger partial charge in [0, 0.05) is 0 Å². The molecule has 2 rings (SSSR count). The van der Waals surface area contributed by atoms with Gasteiger partial charge in [0.05, 0.1) is 11.4 Å². The van der Waals surface area contributed by atoms with E-state index in [4.69, 9.17) is 0 Å². The van der Waals surface area contributed by atoms with Gasteiger partial charge in [-0.2, -0.15) is 0 Å². The maximum atomic E-state index is 13.0. The zero-order valence-corrected chi connectivity index (χ0v) is 10.2. The van der Waals surface area contributed by atoms with Crippen molar-refractivity contribution in [3.8, 4) is 5.69 Å². The van der Waals surface area contributed by atoms with Crippen LogP contribution in [-0.4, -0.2) is 9.78 Å². The van der Waals surface area contributed by atoms with Gasteiger partial charge in [0.2, 0.25) is 0 Å². The molecule has 1 N–H and O–H groups in total. The van der Waals surface area contributed by atoms with Crippen LogP contribution in [0.3, 0.4) is 0 Å². The van der Waals surface area contributed by atoms with Crippen LogP contribution in [0.25, 0.3) is 5.69 Å². The second-order valence-electron chi connectivity index (χ2n) is 3.38. The fourth-order valence-electron chi connectivity index (χ4n) is 1.49. The van der Waals surface area contributed by atoms with Crippen LogP contribution in [0.2, 0.25) is 0 Å². The lowest BCUT2D eigenvalue weighted by atomic mass is 10.3. The summed E-state index contributed by atoms with van der Waals surface area (Å²) in [5.74, 6) is -0.367. The number of aromatic amines is 1. The van der Waals surface area contributed by atoms with Gasteiger partial charge in [-0.05, 0) is 40.5 Å². The molecule has 1 heterocycles. The monoisotopic (exact) mass is 284 g/mol. The molecule has 0 amide bonds. The van der Waals surface area contributed by atoms with Gasteiger partial charge < -0.3 is 0 Å². The van der Waals surface area contributed by atoms with Gasteiger partial charge in [0.15, 0.2) is 0 Å². The molecule has 16 heavy (non-hydrogen) atoms. The first kappa shape index (κ1) is 11.1. The predicted octanol–water partition coefficient (Wildman–Crippen LogP) is 2.63. The van der Waals surface area contributed by atoms with Crippen molar-refractivity contribution in [1.82, 2.24) is 9.78 Å². The van der Waals surface area contributed by atoms with E-state index in [1.165, 1.54) is 16.8 Å². The summed E-state index contributed by atoms with van der Waals surface area (Å²) in [4.78, 5) is 11.8. The number of hydrogen-bond donors (Lipinski definition) is 1. The second kappa shape index (κ2) is 4.25. The highest BCUT2D eigenvalue weighted by atomic mass is 79.9. The molecule has 0 saturated carbocycles. The minimum absolute atomic E-state index is 0.206. The summed E-state index contributed by atoms with van der Waals surface area (Å²) in [6.45, 7) is 1.94. The van der Waals surface area contributed by atoms with Gasteiger partial charge >= 0.3 is 0 Å². The van der Waals surface area contributed by atoms with Crippen LogP contribution in [0.4, 0.5) is 4.39 Å². The smallest absolute Gasteiger partial charge is 0.285 e. The summed E-state index contributed by atoms with van der Waals surface area (Å²) in [6.07, 6.45) is 0.706. The maximum absolute atomic E-state index is 13.0. The number of halogens is 2. The minimum Gasteiger partial charge on any atom is -0.294 e. The zero-order valence-electron chi connectivity index (χ0n) is 8.63. The molecule has 0 aliphatic rings. The average molecular weight is 285 g/mol. The van der Waals surface area contributed by atoms with Crippen LogP contribution < -0.4 is 5.56 Å². The van der Waals surface area contributed by atoms with Crippen LogP contribution in [0, 0.1) is 5.82 Å². The topological polar surface area (TPSA) is 37.8 Å². The lowest BCUT2D eigenvalue weighted by Crippen LogP contribution is -2.14. The molecule has 0 unspecified atom stereocenters. The molecule has 0 saturated heterocycles. The molecule has 84 valence electrons. The van der Waals surface area contributed by atoms with Gasteiger partial charge in [-0.3, -0.25) is 9.89 Å². The zero-order chi connectivity index (χ0) is 11.7. The van der Waals surface area contributed by atoms with Gasteiger partial charge in [0.1, 0.15) is 10.3 Å². The third-order valence-electron chi connectivity index (χ3n) is 2.32. The summed E-state index contributed by atoms with van der Waals surface area (Å²) in [5, 5.41) is 2.93. The Morgan fingerprint density at radius 2 is 2.25 bits per heavy atom. The highest BCUT2D eigenvalue weighted by molar-refractivity contribution is 9.10. The Labute approximate surface area is 100 Å². The molecule has 2 aromatic rings. The third-order valence-corrected chi connectivity index (χ3v) is 3.14. The Morgan fingerprint density at radius 1 is 1.50 bits per heavy atom. The van der Waals surface area contributed by atoms with E-state index < -0.39 is 0 Å². The van der Waals surface area contributed by atoms with Crippen molar-refractivity contribution in [1.29, 1.82) is 0 Å². The lowest BCUT2D eigenvalue weighted by molar-refractivity contribution is 0.625. The van der Waals surface area contributed by atoms with Crippen LogP contribution >= 0.6 is 15.9 Å². The Bertz CT molecular complexity index is 574. The summed E-state index contributed by atoms with van der Waals surface area (Å²) >= 11 is 3.22. The molecule has 1 aromatic carbocycles. The van der Waals surface area contributed by atoms with Crippen LogP contribution in [0.5, 0.6) is 0 Å². The largest absolute Gasteiger partial charge is 0.294 e. The van der Waals surface area contributed by atoms with Crippen molar-refractivity contribution in [2.45, 2.75) is 13.3 Å². The number of nitrogens with zero attached hydrogens (tertiary/aromatic N) is 1. The van der Waals surface area contributed by atoms with E-state index in [9.17, 15) is 9.18 Å². The van der Waals surface area contributed by atoms with Gasteiger partial charge in [-0.15, -0.1) is 0 Å². The maximum Gasteiger partial charge on any atom is 0.285 e. The van der Waals surface area contributed by atoms with Gasteiger partial charge in [-0.25, -0.2) is 9.07 Å². The number of rotatable bonds is 2. The molecule has 0 bridgehead atoms. The molecule has 1 aromatic heterocycles. The van der Waals surface area contributed by atoms with Crippen molar-refractivity contribution in [3.05, 3.63) is 50.6 Å². The summed E-state index contributed by atoms with van der Waals surface area (Å²) < 4.78 is 14.9. The predicted molar refractivity (Wildman–Crippen MR) is 63.4 cm³/mol. The first-order valence-electron chi connectivity index (χ1n) is 4.88. The van der Waals surface area contributed by atoms with E-state index in [2.05, 4.69) is 21.0 Å². The van der Waals surface area contributed by atoms with Crippen molar-refractivity contribution in [3.63, 3.8) is 0 Å². The molecule has 0 fully saturated rings. The van der Waals surface area contributed by atoms with Gasteiger partial charge in [-0.1, -0.05) is 13.0 Å². The van der Waals surface area contributed by atoms with E-state index in [1.807, 2.05) is 6.92 Å². The van der Waals surface area contributed by atoms with Crippen molar-refractivity contribution >= 4 is 15.9 Å². The summed E-state index contributed by atoms with van der Waals surface area (Å²) in [5.41, 5.74) is 1.09. The Hall–Kier alpha value is -1.36. The highest BCUT2D eigenvalue weighted by Crippen LogP contribution is 2.13. The number of benzene rings is 1. The Balaban J connectivity index is 2.61. The van der Waals surface area contributed by atoms with E-state index in [0.29, 0.717) is 16.6 Å². The molecule has 0 aliphatic heterocycles. The van der Waals surface area contributed by atoms with E-state index in [-0.39, 0.29) is 11.4 Å². The minimum atomic E-state index is -0.367. The van der Waals surface area contributed by atoms with Crippen molar-refractivity contribution < 1.29 is 4.39 Å². The quantitative estimate of drug-likeness (QED) is 0.905. The number of H-pyrrole nitrogens is 1. The third kappa shape index (κ3) is 1.82. The fraction of sp³-hybridized carbons (Fsp3) is 0.182. The summed E-state index contributed by atoms with van der Waals surface area (Å²) in [7, 11) is 0. The summed E-state index contributed by atoms with van der Waals surface area (Å²) in [6, 6.07) is 5.89. The molecule has 0 spiro atoms. The van der Waals surface area contributed by atoms with Crippen LogP contribution in [-0.2, 0) is 6.42 Å². The average Bonchev–Trinajstić information content (AvgIpc) is 2.56. The second-order valence-corrected chi connectivity index (χ2v) is 4.17. The van der Waals surface area contributed by atoms with Crippen LogP contribution in [0.15, 0.2) is 33.5 Å². The Kier molecular flexibility index (Phi) is 2.96. The normalized spacial score (nSPS) is 10.7. The number of hydrogen-bond acceptors (Lipinski definition) is 1. The molecular weight excluding hydrogens is 275 g/mol. The molecule has 0 atom stereocenters. The SMILES string of the molecule is CCc1[nH]n(-c2cccc(F)c2)c(=O)c1Br. The highest BCUT2D eigenvalue weighted by Gasteiger charge is 2.11. The number of aromatic nitrogens is 2. The number of aryl methyl sites for hydroxylation is 1. The molecule has 5 heteroatoms. The fourth-order valence-corrected chi connectivity index (χ4v) is 2.04. The Morgan fingerprint density at radius 3 is 2.81 bits per heavy atom. The number of nitrogens with one attached hydrogen (secondary N) is 1. The standard InChI is InChI=1S/C11H10BrFN2O/c1-2-9-10(12)11(16)15(14-9)8-5-3-4-7(13)6-8/h3-6,14H,2H2,1H3. The van der Waals surface area contributed by atoms with E-state index >= 15 is 0 Å². The van der Waals surface area contributed by atoms with E-state index in [1.54, 1.807) is 12.1 Å². The van der Waals surface area contributed by atoms with Crippen molar-refractivity contribution in [2.24, 2.45) is 0 Å². The first-order valence-corrected chi connectivity index (χ1v) is 5.68. The molecule has 0 radical (unpaired) electrons. The lowest BCUT2D eigenvalue weighted by Gasteiger charge is -2.00. The molecule has 3 nitrogen and oxygen atoms in total. The first-order chi connectivity index (χ1) is 7.63. The van der Waals surface area contributed by atoms with Crippen molar-refractivity contribution in [2.75, 3.05) is 0 Å².